The first kappa shape index (κ1) is 15.2. The van der Waals surface area contributed by atoms with Gasteiger partial charge in [-0.3, -0.25) is 4.79 Å². The molecule has 0 aromatic rings. The first-order valence-electron chi connectivity index (χ1n) is 5.99. The van der Waals surface area contributed by atoms with E-state index in [0.717, 1.165) is 25.7 Å². The SMILES string of the molecule is O=C(COCC(F)(F)F)N(CCO)C1CCCC1. The van der Waals surface area contributed by atoms with Crippen molar-refractivity contribution in [3.05, 3.63) is 0 Å². The quantitative estimate of drug-likeness (QED) is 0.791. The highest BCUT2D eigenvalue weighted by Crippen LogP contribution is 2.23. The molecule has 7 heteroatoms. The van der Waals surface area contributed by atoms with E-state index in [1.165, 1.54) is 4.90 Å². The van der Waals surface area contributed by atoms with Crippen LogP contribution in [0.2, 0.25) is 0 Å². The van der Waals surface area contributed by atoms with Crippen LogP contribution in [0.5, 0.6) is 0 Å². The predicted octanol–water partition coefficient (Wildman–Crippen LogP) is 1.33. The van der Waals surface area contributed by atoms with Crippen LogP contribution in [-0.2, 0) is 9.53 Å². The first-order chi connectivity index (χ1) is 8.44. The molecule has 1 saturated carbocycles. The van der Waals surface area contributed by atoms with Crippen molar-refractivity contribution < 1.29 is 27.8 Å². The van der Waals surface area contributed by atoms with Crippen molar-refractivity contribution in [1.82, 2.24) is 4.90 Å². The molecular formula is C11H18F3NO3. The van der Waals surface area contributed by atoms with Crippen molar-refractivity contribution in [2.45, 2.75) is 37.9 Å². The molecule has 1 rings (SSSR count). The highest BCUT2D eigenvalue weighted by Gasteiger charge is 2.30. The highest BCUT2D eigenvalue weighted by molar-refractivity contribution is 5.77. The summed E-state index contributed by atoms with van der Waals surface area (Å²) in [6.07, 6.45) is -0.738. The minimum atomic E-state index is -4.42. The zero-order chi connectivity index (χ0) is 13.6. The lowest BCUT2D eigenvalue weighted by Crippen LogP contribution is -2.43. The lowest BCUT2D eigenvalue weighted by Gasteiger charge is -2.28. The lowest BCUT2D eigenvalue weighted by atomic mass is 10.2. The van der Waals surface area contributed by atoms with Gasteiger partial charge in [0.2, 0.25) is 5.91 Å². The topological polar surface area (TPSA) is 49.8 Å². The molecule has 0 saturated heterocycles. The number of hydrogen-bond acceptors (Lipinski definition) is 3. The molecule has 0 atom stereocenters. The van der Waals surface area contributed by atoms with Crippen LogP contribution in [0.1, 0.15) is 25.7 Å². The summed E-state index contributed by atoms with van der Waals surface area (Å²) in [5.74, 6) is -0.486. The van der Waals surface area contributed by atoms with Gasteiger partial charge in [0.1, 0.15) is 13.2 Å². The first-order valence-corrected chi connectivity index (χ1v) is 5.99. The second kappa shape index (κ2) is 6.94. The molecule has 0 aromatic heterocycles. The average Bonchev–Trinajstić information content (AvgIpc) is 2.77. The molecule has 1 fully saturated rings. The third-order valence-electron chi connectivity index (χ3n) is 2.92. The highest BCUT2D eigenvalue weighted by atomic mass is 19.4. The molecule has 0 spiro atoms. The zero-order valence-electron chi connectivity index (χ0n) is 10.1. The summed E-state index contributed by atoms with van der Waals surface area (Å²) in [7, 11) is 0. The van der Waals surface area contributed by atoms with E-state index in [4.69, 9.17) is 5.11 Å². The number of aliphatic hydroxyl groups excluding tert-OH is 1. The fourth-order valence-corrected chi connectivity index (χ4v) is 2.17. The number of rotatable bonds is 6. The molecule has 1 amide bonds. The number of hydrogen-bond donors (Lipinski definition) is 1. The van der Waals surface area contributed by atoms with Crippen LogP contribution in [0.25, 0.3) is 0 Å². The second-order valence-electron chi connectivity index (χ2n) is 4.36. The Morgan fingerprint density at radius 3 is 2.44 bits per heavy atom. The summed E-state index contributed by atoms with van der Waals surface area (Å²) in [5, 5.41) is 8.89. The number of carbonyl (C=O) groups is 1. The molecule has 106 valence electrons. The third-order valence-corrected chi connectivity index (χ3v) is 2.92. The van der Waals surface area contributed by atoms with Crippen LogP contribution in [0, 0.1) is 0 Å². The minimum Gasteiger partial charge on any atom is -0.395 e. The number of aliphatic hydroxyl groups is 1. The molecule has 1 aliphatic rings. The molecule has 0 aliphatic heterocycles. The summed E-state index contributed by atoms with van der Waals surface area (Å²) >= 11 is 0. The van der Waals surface area contributed by atoms with Crippen LogP contribution in [0.15, 0.2) is 0 Å². The molecule has 1 aliphatic carbocycles. The summed E-state index contributed by atoms with van der Waals surface area (Å²) in [6.45, 7) is -2.05. The normalized spacial score (nSPS) is 17.1. The number of alkyl halides is 3. The van der Waals surface area contributed by atoms with Gasteiger partial charge in [0, 0.05) is 12.6 Å². The number of ether oxygens (including phenoxy) is 1. The van der Waals surface area contributed by atoms with Gasteiger partial charge in [0.05, 0.1) is 6.61 Å². The monoisotopic (exact) mass is 269 g/mol. The van der Waals surface area contributed by atoms with E-state index in [0.29, 0.717) is 0 Å². The number of halogens is 3. The summed E-state index contributed by atoms with van der Waals surface area (Å²) in [4.78, 5) is 13.2. The Kier molecular flexibility index (Phi) is 5.87. The van der Waals surface area contributed by atoms with Crippen molar-refractivity contribution in [3.63, 3.8) is 0 Å². The zero-order valence-corrected chi connectivity index (χ0v) is 10.1. The largest absolute Gasteiger partial charge is 0.411 e. The molecule has 0 bridgehead atoms. The van der Waals surface area contributed by atoms with E-state index in [-0.39, 0.29) is 19.2 Å². The van der Waals surface area contributed by atoms with Gasteiger partial charge in [-0.2, -0.15) is 13.2 Å². The van der Waals surface area contributed by atoms with Gasteiger partial charge in [-0.25, -0.2) is 0 Å². The van der Waals surface area contributed by atoms with Gasteiger partial charge in [-0.05, 0) is 12.8 Å². The van der Waals surface area contributed by atoms with Gasteiger partial charge >= 0.3 is 6.18 Å². The smallest absolute Gasteiger partial charge is 0.395 e. The van der Waals surface area contributed by atoms with Gasteiger partial charge in [-0.15, -0.1) is 0 Å². The van der Waals surface area contributed by atoms with Crippen LogP contribution < -0.4 is 0 Å². The molecular weight excluding hydrogens is 251 g/mol. The lowest BCUT2D eigenvalue weighted by molar-refractivity contribution is -0.178. The van der Waals surface area contributed by atoms with Crippen LogP contribution in [0.3, 0.4) is 0 Å². The van der Waals surface area contributed by atoms with Gasteiger partial charge in [0.15, 0.2) is 0 Å². The second-order valence-corrected chi connectivity index (χ2v) is 4.36. The van der Waals surface area contributed by atoms with Gasteiger partial charge in [-0.1, -0.05) is 12.8 Å². The maximum absolute atomic E-state index is 11.9. The molecule has 0 aromatic carbocycles. The maximum Gasteiger partial charge on any atom is 0.411 e. The Balaban J connectivity index is 2.39. The van der Waals surface area contributed by atoms with E-state index in [9.17, 15) is 18.0 Å². The van der Waals surface area contributed by atoms with Gasteiger partial charge < -0.3 is 14.7 Å². The molecule has 18 heavy (non-hydrogen) atoms. The maximum atomic E-state index is 11.9. The Labute approximate surface area is 104 Å². The fraction of sp³-hybridized carbons (Fsp3) is 0.909. The fourth-order valence-electron chi connectivity index (χ4n) is 2.17. The van der Waals surface area contributed by atoms with Crippen molar-refractivity contribution in [2.75, 3.05) is 26.4 Å². The van der Waals surface area contributed by atoms with Crippen molar-refractivity contribution in [3.8, 4) is 0 Å². The summed E-state index contributed by atoms with van der Waals surface area (Å²) in [5.41, 5.74) is 0. The standard InChI is InChI=1S/C11H18F3NO3/c12-11(13,14)8-18-7-10(17)15(5-6-16)9-3-1-2-4-9/h9,16H,1-8H2. The van der Waals surface area contributed by atoms with E-state index in [1.807, 2.05) is 0 Å². The van der Waals surface area contributed by atoms with E-state index < -0.39 is 25.3 Å². The molecule has 0 radical (unpaired) electrons. The van der Waals surface area contributed by atoms with Crippen LogP contribution in [-0.4, -0.2) is 54.5 Å². The predicted molar refractivity (Wildman–Crippen MR) is 57.9 cm³/mol. The Morgan fingerprint density at radius 1 is 1.33 bits per heavy atom. The summed E-state index contributed by atoms with van der Waals surface area (Å²) in [6, 6.07) is 0.0270. The Morgan fingerprint density at radius 2 is 1.94 bits per heavy atom. The molecule has 4 nitrogen and oxygen atoms in total. The van der Waals surface area contributed by atoms with E-state index >= 15 is 0 Å². The third kappa shape index (κ3) is 5.22. The molecule has 0 heterocycles. The minimum absolute atomic E-state index is 0.0270. The van der Waals surface area contributed by atoms with E-state index in [1.54, 1.807) is 0 Å². The Bertz CT molecular complexity index is 265. The number of nitrogens with zero attached hydrogens (tertiary/aromatic N) is 1. The van der Waals surface area contributed by atoms with Crippen molar-refractivity contribution in [1.29, 1.82) is 0 Å². The van der Waals surface area contributed by atoms with Crippen molar-refractivity contribution in [2.24, 2.45) is 0 Å². The van der Waals surface area contributed by atoms with Crippen molar-refractivity contribution >= 4 is 5.91 Å². The molecule has 1 N–H and O–H groups in total. The number of carbonyl (C=O) groups excluding carboxylic acids is 1. The number of amides is 1. The van der Waals surface area contributed by atoms with Crippen LogP contribution in [0.4, 0.5) is 13.2 Å². The average molecular weight is 269 g/mol. The van der Waals surface area contributed by atoms with E-state index in [2.05, 4.69) is 4.74 Å². The van der Waals surface area contributed by atoms with Crippen LogP contribution >= 0.6 is 0 Å². The summed E-state index contributed by atoms with van der Waals surface area (Å²) < 4.78 is 39.9. The Hall–Kier alpha value is -0.820. The molecule has 0 unspecified atom stereocenters. The van der Waals surface area contributed by atoms with Gasteiger partial charge in [0.25, 0.3) is 0 Å².